The van der Waals surface area contributed by atoms with Gasteiger partial charge >= 0.3 is 0 Å². The minimum Gasteiger partial charge on any atom is -0.379 e. The van der Waals surface area contributed by atoms with Gasteiger partial charge in [-0.3, -0.25) is 4.90 Å². The monoisotopic (exact) mass is 236 g/mol. The van der Waals surface area contributed by atoms with E-state index in [1.54, 1.807) is 0 Å². The highest BCUT2D eigenvalue weighted by atomic mass is 35.5. The smallest absolute Gasteiger partial charge is 0.124 e. The molecule has 3 nitrogen and oxygen atoms in total. The van der Waals surface area contributed by atoms with Gasteiger partial charge in [-0.2, -0.15) is 5.26 Å². The van der Waals surface area contributed by atoms with E-state index in [9.17, 15) is 5.26 Å². The number of benzene rings is 1. The summed E-state index contributed by atoms with van der Waals surface area (Å²) in [6, 6.07) is 9.60. The summed E-state index contributed by atoms with van der Waals surface area (Å²) in [7, 11) is 0. The van der Waals surface area contributed by atoms with Crippen molar-refractivity contribution in [2.75, 3.05) is 26.3 Å². The fourth-order valence-electron chi connectivity index (χ4n) is 1.85. The first kappa shape index (κ1) is 11.4. The molecule has 0 bridgehead atoms. The molecule has 0 saturated carbocycles. The third kappa shape index (κ3) is 2.53. The lowest BCUT2D eigenvalue weighted by Gasteiger charge is -2.30. The van der Waals surface area contributed by atoms with Crippen LogP contribution in [0.2, 0.25) is 5.02 Å². The maximum Gasteiger partial charge on any atom is 0.124 e. The lowest BCUT2D eigenvalue weighted by molar-refractivity contribution is 0.0266. The van der Waals surface area contributed by atoms with Gasteiger partial charge in [-0.1, -0.05) is 23.7 Å². The summed E-state index contributed by atoms with van der Waals surface area (Å²) in [5.41, 5.74) is 0.994. The molecule has 1 heterocycles. The zero-order valence-corrected chi connectivity index (χ0v) is 9.65. The van der Waals surface area contributed by atoms with E-state index in [1.807, 2.05) is 24.3 Å². The topological polar surface area (TPSA) is 36.3 Å². The van der Waals surface area contributed by atoms with E-state index >= 15 is 0 Å². The summed E-state index contributed by atoms with van der Waals surface area (Å²) < 4.78 is 5.28. The maximum absolute atomic E-state index is 9.24. The average Bonchev–Trinajstić information content (AvgIpc) is 2.34. The third-order valence-electron chi connectivity index (χ3n) is 2.72. The quantitative estimate of drug-likeness (QED) is 0.790. The van der Waals surface area contributed by atoms with Gasteiger partial charge in [0.2, 0.25) is 0 Å². The van der Waals surface area contributed by atoms with Gasteiger partial charge in [0.05, 0.1) is 19.3 Å². The highest BCUT2D eigenvalue weighted by molar-refractivity contribution is 6.30. The molecular formula is C12H13ClN2O. The molecule has 1 aliphatic rings. The fourth-order valence-corrected chi connectivity index (χ4v) is 1.97. The van der Waals surface area contributed by atoms with Crippen molar-refractivity contribution < 1.29 is 4.74 Å². The van der Waals surface area contributed by atoms with E-state index in [-0.39, 0.29) is 6.04 Å². The molecule has 0 aromatic heterocycles. The van der Waals surface area contributed by atoms with Gasteiger partial charge in [0, 0.05) is 18.1 Å². The Bertz CT molecular complexity index is 379. The Morgan fingerprint density at radius 3 is 2.44 bits per heavy atom. The van der Waals surface area contributed by atoms with Crippen LogP contribution in [0.15, 0.2) is 24.3 Å². The molecule has 1 aromatic carbocycles. The van der Waals surface area contributed by atoms with E-state index in [4.69, 9.17) is 16.3 Å². The number of nitriles is 1. The number of halogens is 1. The van der Waals surface area contributed by atoms with Crippen LogP contribution in [0.5, 0.6) is 0 Å². The van der Waals surface area contributed by atoms with Crippen molar-refractivity contribution >= 4 is 11.6 Å². The summed E-state index contributed by atoms with van der Waals surface area (Å²) in [6.45, 7) is 3.01. The molecule has 16 heavy (non-hydrogen) atoms. The maximum atomic E-state index is 9.24. The van der Waals surface area contributed by atoms with E-state index in [1.165, 1.54) is 0 Å². The Morgan fingerprint density at radius 1 is 1.25 bits per heavy atom. The van der Waals surface area contributed by atoms with Crippen molar-refractivity contribution in [2.24, 2.45) is 0 Å². The Balaban J connectivity index is 2.15. The molecule has 1 aliphatic heterocycles. The first-order chi connectivity index (χ1) is 7.81. The van der Waals surface area contributed by atoms with E-state index < -0.39 is 0 Å². The number of rotatable bonds is 2. The van der Waals surface area contributed by atoms with Gasteiger partial charge < -0.3 is 4.74 Å². The second-order valence-electron chi connectivity index (χ2n) is 3.73. The van der Waals surface area contributed by atoms with Crippen LogP contribution >= 0.6 is 11.6 Å². The molecule has 1 saturated heterocycles. The van der Waals surface area contributed by atoms with Crippen LogP contribution in [0.4, 0.5) is 0 Å². The van der Waals surface area contributed by atoms with Crippen molar-refractivity contribution in [3.05, 3.63) is 34.9 Å². The number of hydrogen-bond acceptors (Lipinski definition) is 3. The number of ether oxygens (including phenoxy) is 1. The molecule has 0 N–H and O–H groups in total. The SMILES string of the molecule is N#C[C@H](c1ccc(Cl)cc1)N1CCOCC1. The van der Waals surface area contributed by atoms with E-state index in [2.05, 4.69) is 11.0 Å². The first-order valence-corrected chi connectivity index (χ1v) is 5.66. The zero-order valence-electron chi connectivity index (χ0n) is 8.90. The summed E-state index contributed by atoms with van der Waals surface area (Å²) in [4.78, 5) is 2.13. The van der Waals surface area contributed by atoms with Crippen LogP contribution in [0.3, 0.4) is 0 Å². The normalized spacial score (nSPS) is 19.0. The molecule has 0 radical (unpaired) electrons. The summed E-state index contributed by atoms with van der Waals surface area (Å²) in [5, 5.41) is 9.93. The second-order valence-corrected chi connectivity index (χ2v) is 4.17. The van der Waals surface area contributed by atoms with Crippen molar-refractivity contribution in [1.82, 2.24) is 4.90 Å². The Hall–Kier alpha value is -1.08. The number of hydrogen-bond donors (Lipinski definition) is 0. The van der Waals surface area contributed by atoms with E-state index in [0.29, 0.717) is 18.2 Å². The Kier molecular flexibility index (Phi) is 3.79. The molecule has 1 atom stereocenters. The molecule has 0 unspecified atom stereocenters. The largest absolute Gasteiger partial charge is 0.379 e. The standard InChI is InChI=1S/C12H13ClN2O/c13-11-3-1-10(2-4-11)12(9-14)15-5-7-16-8-6-15/h1-4,12H,5-8H2/t12-/m1/s1. The molecule has 2 rings (SSSR count). The lowest BCUT2D eigenvalue weighted by Crippen LogP contribution is -2.38. The molecule has 84 valence electrons. The molecule has 1 fully saturated rings. The van der Waals surface area contributed by atoms with E-state index in [0.717, 1.165) is 18.7 Å². The molecular weight excluding hydrogens is 224 g/mol. The Morgan fingerprint density at radius 2 is 1.88 bits per heavy atom. The van der Waals surface area contributed by atoms with Crippen molar-refractivity contribution in [3.63, 3.8) is 0 Å². The summed E-state index contributed by atoms with van der Waals surface area (Å²) >= 11 is 5.83. The lowest BCUT2D eigenvalue weighted by atomic mass is 10.1. The number of nitrogens with zero attached hydrogens (tertiary/aromatic N) is 2. The fraction of sp³-hybridized carbons (Fsp3) is 0.417. The Labute approximate surface area is 100 Å². The summed E-state index contributed by atoms with van der Waals surface area (Å²) in [6.07, 6.45) is 0. The van der Waals surface area contributed by atoms with Gasteiger partial charge in [0.1, 0.15) is 6.04 Å². The van der Waals surface area contributed by atoms with Gasteiger partial charge in [-0.15, -0.1) is 0 Å². The van der Waals surface area contributed by atoms with Crippen LogP contribution in [-0.4, -0.2) is 31.2 Å². The van der Waals surface area contributed by atoms with Crippen molar-refractivity contribution in [1.29, 1.82) is 5.26 Å². The third-order valence-corrected chi connectivity index (χ3v) is 2.97. The highest BCUT2D eigenvalue weighted by Gasteiger charge is 2.21. The minimum absolute atomic E-state index is 0.193. The van der Waals surface area contributed by atoms with Gasteiger partial charge in [-0.25, -0.2) is 0 Å². The average molecular weight is 237 g/mol. The van der Waals surface area contributed by atoms with Gasteiger partial charge in [0.15, 0.2) is 0 Å². The van der Waals surface area contributed by atoms with Crippen molar-refractivity contribution in [2.45, 2.75) is 6.04 Å². The minimum atomic E-state index is -0.193. The molecule has 0 spiro atoms. The van der Waals surface area contributed by atoms with Crippen molar-refractivity contribution in [3.8, 4) is 6.07 Å². The van der Waals surface area contributed by atoms with Crippen LogP contribution in [0.1, 0.15) is 11.6 Å². The zero-order chi connectivity index (χ0) is 11.4. The highest BCUT2D eigenvalue weighted by Crippen LogP contribution is 2.22. The van der Waals surface area contributed by atoms with Crippen LogP contribution in [0.25, 0.3) is 0 Å². The molecule has 4 heteroatoms. The summed E-state index contributed by atoms with van der Waals surface area (Å²) in [5.74, 6) is 0. The predicted molar refractivity (Wildman–Crippen MR) is 62.2 cm³/mol. The number of morpholine rings is 1. The molecule has 0 aliphatic carbocycles. The second kappa shape index (κ2) is 5.31. The van der Waals surface area contributed by atoms with Crippen LogP contribution < -0.4 is 0 Å². The van der Waals surface area contributed by atoms with Gasteiger partial charge in [-0.05, 0) is 17.7 Å². The predicted octanol–water partition coefficient (Wildman–Crippen LogP) is 2.24. The van der Waals surface area contributed by atoms with Crippen LogP contribution in [-0.2, 0) is 4.74 Å². The van der Waals surface area contributed by atoms with Gasteiger partial charge in [0.25, 0.3) is 0 Å². The molecule has 0 amide bonds. The van der Waals surface area contributed by atoms with Crippen LogP contribution in [0, 0.1) is 11.3 Å². The molecule has 1 aromatic rings. The first-order valence-electron chi connectivity index (χ1n) is 5.28.